The molecule has 0 unspecified atom stereocenters. The molecule has 0 bridgehead atoms. The molecule has 3 aliphatic rings. The average molecular weight is 516 g/mol. The minimum Gasteiger partial charge on any atom is -0.490 e. The molecule has 0 atom stereocenters. The average Bonchev–Trinajstić information content (AvgIpc) is 2.79. The molecule has 1 aromatic rings. The summed E-state index contributed by atoms with van der Waals surface area (Å²) in [4.78, 5) is 29.0. The van der Waals surface area contributed by atoms with Crippen molar-refractivity contribution in [2.24, 2.45) is 0 Å². The summed E-state index contributed by atoms with van der Waals surface area (Å²) in [6.07, 6.45) is 6.49. The second-order valence-electron chi connectivity index (χ2n) is 8.97. The molecular formula is C27H34BrNO4. The van der Waals surface area contributed by atoms with Crippen molar-refractivity contribution < 1.29 is 19.1 Å². The second-order valence-corrected chi connectivity index (χ2v) is 9.82. The molecule has 0 amide bonds. The normalized spacial score (nSPS) is 19.1. The number of hydrogen-bond acceptors (Lipinski definition) is 5. The molecular weight excluding hydrogens is 482 g/mol. The van der Waals surface area contributed by atoms with Gasteiger partial charge in [-0.3, -0.25) is 9.59 Å². The SMILES string of the molecule is CCCOc1c(Br)cc(C2C3=C(CCCC3=O)N(CCC)C3=C2C(=O)CCC3)cc1OCC. The Morgan fingerprint density at radius 1 is 0.909 bits per heavy atom. The molecule has 5 nitrogen and oxygen atoms in total. The third kappa shape index (κ3) is 4.51. The van der Waals surface area contributed by atoms with Crippen molar-refractivity contribution in [3.05, 3.63) is 44.7 Å². The van der Waals surface area contributed by atoms with Crippen LogP contribution in [-0.4, -0.2) is 36.2 Å². The molecule has 0 spiro atoms. The van der Waals surface area contributed by atoms with Crippen molar-refractivity contribution in [3.8, 4) is 11.5 Å². The van der Waals surface area contributed by atoms with Crippen LogP contribution in [0.3, 0.4) is 0 Å². The van der Waals surface area contributed by atoms with Gasteiger partial charge in [-0.25, -0.2) is 0 Å². The summed E-state index contributed by atoms with van der Waals surface area (Å²) in [5.41, 5.74) is 4.83. The maximum atomic E-state index is 13.4. The Balaban J connectivity index is 1.92. The fourth-order valence-corrected chi connectivity index (χ4v) is 5.98. The predicted molar refractivity (Wildman–Crippen MR) is 133 cm³/mol. The van der Waals surface area contributed by atoms with E-state index in [-0.39, 0.29) is 17.5 Å². The van der Waals surface area contributed by atoms with E-state index < -0.39 is 0 Å². The van der Waals surface area contributed by atoms with E-state index in [1.54, 1.807) is 0 Å². The van der Waals surface area contributed by atoms with E-state index in [1.165, 1.54) is 0 Å². The smallest absolute Gasteiger partial charge is 0.175 e. The van der Waals surface area contributed by atoms with Crippen molar-refractivity contribution in [2.45, 2.75) is 78.1 Å². The molecule has 6 heteroatoms. The molecule has 178 valence electrons. The Hall–Kier alpha value is -2.08. The summed E-state index contributed by atoms with van der Waals surface area (Å²) >= 11 is 3.69. The van der Waals surface area contributed by atoms with E-state index in [1.807, 2.05) is 19.1 Å². The van der Waals surface area contributed by atoms with E-state index in [9.17, 15) is 9.59 Å². The summed E-state index contributed by atoms with van der Waals surface area (Å²) in [7, 11) is 0. The van der Waals surface area contributed by atoms with Gasteiger partial charge < -0.3 is 14.4 Å². The molecule has 0 radical (unpaired) electrons. The van der Waals surface area contributed by atoms with Crippen molar-refractivity contribution in [3.63, 3.8) is 0 Å². The number of ether oxygens (including phenoxy) is 2. The van der Waals surface area contributed by atoms with E-state index in [0.29, 0.717) is 37.6 Å². The van der Waals surface area contributed by atoms with E-state index in [4.69, 9.17) is 9.47 Å². The number of carbonyl (C=O) groups excluding carboxylic acids is 2. The predicted octanol–water partition coefficient (Wildman–Crippen LogP) is 6.46. The van der Waals surface area contributed by atoms with Gasteiger partial charge in [0.05, 0.1) is 17.7 Å². The summed E-state index contributed by atoms with van der Waals surface area (Å²) in [5.74, 6) is 1.35. The number of nitrogens with zero attached hydrogens (tertiary/aromatic N) is 1. The number of carbonyl (C=O) groups is 2. The standard InChI is InChI=1S/C27H34BrNO4/c1-4-13-29-19-9-7-11-21(30)25(19)24(26-20(29)10-8-12-22(26)31)17-15-18(28)27(33-14-5-2)23(16-17)32-6-3/h15-16,24H,4-14H2,1-3H3. The highest BCUT2D eigenvalue weighted by Crippen LogP contribution is 2.51. The molecule has 33 heavy (non-hydrogen) atoms. The van der Waals surface area contributed by atoms with Crippen molar-refractivity contribution >= 4 is 27.5 Å². The second kappa shape index (κ2) is 10.5. The molecule has 0 fully saturated rings. The minimum absolute atomic E-state index is 0.174. The van der Waals surface area contributed by atoms with Gasteiger partial charge in [-0.05, 0) is 79.1 Å². The highest BCUT2D eigenvalue weighted by molar-refractivity contribution is 9.10. The Kier molecular flexibility index (Phi) is 7.62. The van der Waals surface area contributed by atoms with Gasteiger partial charge in [-0.15, -0.1) is 0 Å². The third-order valence-electron chi connectivity index (χ3n) is 6.65. The number of ketones is 2. The molecule has 0 aromatic heterocycles. The maximum Gasteiger partial charge on any atom is 0.175 e. The molecule has 0 saturated carbocycles. The lowest BCUT2D eigenvalue weighted by atomic mass is 9.71. The minimum atomic E-state index is -0.334. The lowest BCUT2D eigenvalue weighted by Crippen LogP contribution is -2.39. The first kappa shape index (κ1) is 24.1. The van der Waals surface area contributed by atoms with Crippen molar-refractivity contribution in [2.75, 3.05) is 19.8 Å². The highest BCUT2D eigenvalue weighted by Gasteiger charge is 2.43. The summed E-state index contributed by atoms with van der Waals surface area (Å²) in [5, 5.41) is 0. The van der Waals surface area contributed by atoms with Crippen molar-refractivity contribution in [1.82, 2.24) is 4.90 Å². The van der Waals surface area contributed by atoms with Gasteiger partial charge in [0.2, 0.25) is 0 Å². The monoisotopic (exact) mass is 515 g/mol. The first-order valence-corrected chi connectivity index (χ1v) is 13.2. The molecule has 0 saturated heterocycles. The summed E-state index contributed by atoms with van der Waals surface area (Å²) in [6, 6.07) is 4.01. The van der Waals surface area contributed by atoms with Crippen LogP contribution in [0.15, 0.2) is 39.1 Å². The topological polar surface area (TPSA) is 55.8 Å². The molecule has 0 N–H and O–H groups in total. The molecule has 1 aromatic carbocycles. The fraction of sp³-hybridized carbons (Fsp3) is 0.556. The molecule has 4 rings (SSSR count). The Morgan fingerprint density at radius 2 is 1.55 bits per heavy atom. The van der Waals surface area contributed by atoms with Crippen LogP contribution in [0.2, 0.25) is 0 Å². The number of Topliss-reactive ketones (excluding diaryl/α,β-unsaturated/α-hetero) is 2. The van der Waals surface area contributed by atoms with Gasteiger partial charge in [0.1, 0.15) is 0 Å². The molecule has 1 aliphatic heterocycles. The Morgan fingerprint density at radius 3 is 2.09 bits per heavy atom. The van der Waals surface area contributed by atoms with Crippen LogP contribution < -0.4 is 9.47 Å². The first-order valence-electron chi connectivity index (χ1n) is 12.4. The summed E-state index contributed by atoms with van der Waals surface area (Å²) in [6.45, 7) is 8.12. The summed E-state index contributed by atoms with van der Waals surface area (Å²) < 4.78 is 12.7. The van der Waals surface area contributed by atoms with Gasteiger partial charge in [0, 0.05) is 47.8 Å². The zero-order valence-corrected chi connectivity index (χ0v) is 21.6. The highest BCUT2D eigenvalue weighted by atomic mass is 79.9. The van der Waals surface area contributed by atoms with Gasteiger partial charge in [-0.2, -0.15) is 0 Å². The Labute approximate surface area is 205 Å². The van der Waals surface area contributed by atoms with Crippen LogP contribution in [0.5, 0.6) is 11.5 Å². The lowest BCUT2D eigenvalue weighted by molar-refractivity contribution is -0.117. The molecule has 1 heterocycles. The number of hydrogen-bond donors (Lipinski definition) is 0. The largest absolute Gasteiger partial charge is 0.490 e. The van der Waals surface area contributed by atoms with E-state index in [2.05, 4.69) is 34.7 Å². The van der Waals surface area contributed by atoms with Crippen LogP contribution in [0.25, 0.3) is 0 Å². The van der Waals surface area contributed by atoms with Crippen LogP contribution in [0.1, 0.15) is 83.6 Å². The van der Waals surface area contributed by atoms with Crippen LogP contribution in [-0.2, 0) is 9.59 Å². The van der Waals surface area contributed by atoms with Crippen LogP contribution >= 0.6 is 15.9 Å². The van der Waals surface area contributed by atoms with Crippen LogP contribution in [0, 0.1) is 0 Å². The zero-order chi connectivity index (χ0) is 23.5. The van der Waals surface area contributed by atoms with Gasteiger partial charge in [-0.1, -0.05) is 13.8 Å². The number of benzene rings is 1. The third-order valence-corrected chi connectivity index (χ3v) is 7.24. The maximum absolute atomic E-state index is 13.4. The van der Waals surface area contributed by atoms with Gasteiger partial charge >= 0.3 is 0 Å². The fourth-order valence-electron chi connectivity index (χ4n) is 5.41. The van der Waals surface area contributed by atoms with Crippen molar-refractivity contribution in [1.29, 1.82) is 0 Å². The van der Waals surface area contributed by atoms with Gasteiger partial charge in [0.15, 0.2) is 23.1 Å². The molecule has 2 aliphatic carbocycles. The van der Waals surface area contributed by atoms with E-state index >= 15 is 0 Å². The number of allylic oxidation sites excluding steroid dienone is 4. The van der Waals surface area contributed by atoms with Gasteiger partial charge in [0.25, 0.3) is 0 Å². The number of halogens is 1. The van der Waals surface area contributed by atoms with Crippen LogP contribution in [0.4, 0.5) is 0 Å². The number of rotatable bonds is 8. The van der Waals surface area contributed by atoms with E-state index in [0.717, 1.165) is 77.6 Å². The lowest BCUT2D eigenvalue weighted by Gasteiger charge is -2.44. The zero-order valence-electron chi connectivity index (χ0n) is 20.0. The quantitative estimate of drug-likeness (QED) is 0.397. The first-order chi connectivity index (χ1) is 16.0. The Bertz CT molecular complexity index is 966.